The molecule has 0 radical (unpaired) electrons. The van der Waals surface area contributed by atoms with Gasteiger partial charge in [-0.15, -0.1) is 0 Å². The summed E-state index contributed by atoms with van der Waals surface area (Å²) in [5, 5.41) is 9.62. The van der Waals surface area contributed by atoms with Crippen molar-refractivity contribution >= 4 is 0 Å². The van der Waals surface area contributed by atoms with Crippen LogP contribution in [0.2, 0.25) is 0 Å². The molecule has 0 fully saturated rings. The fourth-order valence-electron chi connectivity index (χ4n) is 1.25. The van der Waals surface area contributed by atoms with Gasteiger partial charge in [0, 0.05) is 18.9 Å². The third kappa shape index (κ3) is 2.26. The molecular weight excluding hydrogens is 180 g/mol. The first kappa shape index (κ1) is 11.0. The van der Waals surface area contributed by atoms with E-state index in [1.54, 1.807) is 21.5 Å². The van der Waals surface area contributed by atoms with Crippen LogP contribution in [0.1, 0.15) is 20.8 Å². The summed E-state index contributed by atoms with van der Waals surface area (Å²) in [6.07, 6.45) is 3.01. The molecule has 1 aromatic rings. The molecule has 0 aliphatic heterocycles. The quantitative estimate of drug-likeness (QED) is 0.773. The molecule has 14 heavy (non-hydrogen) atoms. The molecule has 1 N–H and O–H groups in total. The van der Waals surface area contributed by atoms with Gasteiger partial charge < -0.3 is 5.11 Å². The molecule has 1 aromatic heterocycles. The highest BCUT2D eigenvalue weighted by Crippen LogP contribution is 2.02. The van der Waals surface area contributed by atoms with Crippen LogP contribution in [0.5, 0.6) is 0 Å². The van der Waals surface area contributed by atoms with Gasteiger partial charge in [0.25, 0.3) is 0 Å². The van der Waals surface area contributed by atoms with Crippen LogP contribution in [0.15, 0.2) is 17.2 Å². The molecule has 1 rings (SSSR count). The van der Waals surface area contributed by atoms with E-state index in [0.29, 0.717) is 13.1 Å². The van der Waals surface area contributed by atoms with E-state index in [-0.39, 0.29) is 11.6 Å². The Kier molecular flexibility index (Phi) is 3.52. The third-order valence-corrected chi connectivity index (χ3v) is 2.41. The summed E-state index contributed by atoms with van der Waals surface area (Å²) in [4.78, 5) is 11.6. The Bertz CT molecular complexity index is 338. The van der Waals surface area contributed by atoms with Crippen LogP contribution < -0.4 is 5.69 Å². The first-order valence-electron chi connectivity index (χ1n) is 5.00. The zero-order chi connectivity index (χ0) is 10.7. The molecule has 1 heterocycles. The Labute approximate surface area is 83.8 Å². The molecule has 0 aliphatic rings. The standard InChI is InChI=1S/C10H18N2O2/c1-4-11-5-6-12(10(11)14)7-9(13)8(2)3/h5-6,8-9,13H,4,7H2,1-3H3. The van der Waals surface area contributed by atoms with E-state index in [4.69, 9.17) is 0 Å². The highest BCUT2D eigenvalue weighted by Gasteiger charge is 2.11. The molecule has 0 saturated carbocycles. The fraction of sp³-hybridized carbons (Fsp3) is 0.700. The Morgan fingerprint density at radius 3 is 2.36 bits per heavy atom. The van der Waals surface area contributed by atoms with E-state index in [0.717, 1.165) is 0 Å². The summed E-state index contributed by atoms with van der Waals surface area (Å²) in [7, 11) is 0. The number of aromatic nitrogens is 2. The van der Waals surface area contributed by atoms with Crippen molar-refractivity contribution in [1.29, 1.82) is 0 Å². The Morgan fingerprint density at radius 1 is 1.36 bits per heavy atom. The molecule has 80 valence electrons. The largest absolute Gasteiger partial charge is 0.391 e. The van der Waals surface area contributed by atoms with Crippen molar-refractivity contribution in [1.82, 2.24) is 9.13 Å². The predicted octanol–water partition coefficient (Wildman–Crippen LogP) is 0.687. The highest BCUT2D eigenvalue weighted by molar-refractivity contribution is 4.82. The summed E-state index contributed by atoms with van der Waals surface area (Å²) < 4.78 is 3.17. The summed E-state index contributed by atoms with van der Waals surface area (Å²) in [5.74, 6) is 0.173. The number of aryl methyl sites for hydroxylation is 1. The lowest BCUT2D eigenvalue weighted by Crippen LogP contribution is -2.30. The molecule has 1 unspecified atom stereocenters. The van der Waals surface area contributed by atoms with E-state index in [1.807, 2.05) is 20.8 Å². The van der Waals surface area contributed by atoms with Gasteiger partial charge in [-0.3, -0.25) is 9.13 Å². The molecular formula is C10H18N2O2. The van der Waals surface area contributed by atoms with Gasteiger partial charge in [0.2, 0.25) is 0 Å². The molecule has 0 amide bonds. The van der Waals surface area contributed by atoms with E-state index in [1.165, 1.54) is 0 Å². The minimum Gasteiger partial charge on any atom is -0.391 e. The molecule has 1 atom stereocenters. The van der Waals surface area contributed by atoms with Crippen molar-refractivity contribution in [2.45, 2.75) is 40.0 Å². The fourth-order valence-corrected chi connectivity index (χ4v) is 1.25. The van der Waals surface area contributed by atoms with Crippen LogP contribution in [0.25, 0.3) is 0 Å². The second-order valence-corrected chi connectivity index (χ2v) is 3.83. The molecule has 0 saturated heterocycles. The third-order valence-electron chi connectivity index (χ3n) is 2.41. The summed E-state index contributed by atoms with van der Waals surface area (Å²) in [6.45, 7) is 6.84. The van der Waals surface area contributed by atoms with Gasteiger partial charge in [-0.05, 0) is 12.8 Å². The first-order chi connectivity index (χ1) is 6.56. The van der Waals surface area contributed by atoms with Crippen molar-refractivity contribution in [3.63, 3.8) is 0 Å². The van der Waals surface area contributed by atoms with Gasteiger partial charge in [-0.1, -0.05) is 13.8 Å². The number of imidazole rings is 1. The van der Waals surface area contributed by atoms with E-state index in [9.17, 15) is 9.90 Å². The van der Waals surface area contributed by atoms with Crippen molar-refractivity contribution in [2.75, 3.05) is 0 Å². The minimum absolute atomic E-state index is 0.0489. The second-order valence-electron chi connectivity index (χ2n) is 3.83. The lowest BCUT2D eigenvalue weighted by atomic mass is 10.1. The summed E-state index contributed by atoms with van der Waals surface area (Å²) in [5.41, 5.74) is -0.0489. The lowest BCUT2D eigenvalue weighted by Gasteiger charge is -2.13. The van der Waals surface area contributed by atoms with Gasteiger partial charge in [-0.25, -0.2) is 4.79 Å². The maximum atomic E-state index is 11.6. The Morgan fingerprint density at radius 2 is 1.93 bits per heavy atom. The molecule has 4 nitrogen and oxygen atoms in total. The van der Waals surface area contributed by atoms with Crippen LogP contribution in [0.3, 0.4) is 0 Å². The topological polar surface area (TPSA) is 47.2 Å². The number of aliphatic hydroxyl groups is 1. The number of rotatable bonds is 4. The second kappa shape index (κ2) is 4.46. The zero-order valence-corrected chi connectivity index (χ0v) is 8.97. The molecule has 0 bridgehead atoms. The predicted molar refractivity (Wildman–Crippen MR) is 55.2 cm³/mol. The molecule has 0 aromatic carbocycles. The average Bonchev–Trinajstić information content (AvgIpc) is 2.47. The zero-order valence-electron chi connectivity index (χ0n) is 8.97. The molecule has 4 heteroatoms. The Balaban J connectivity index is 2.77. The van der Waals surface area contributed by atoms with Crippen LogP contribution in [0.4, 0.5) is 0 Å². The maximum Gasteiger partial charge on any atom is 0.328 e. The Hall–Kier alpha value is -1.03. The van der Waals surface area contributed by atoms with Gasteiger partial charge in [0.15, 0.2) is 0 Å². The first-order valence-corrected chi connectivity index (χ1v) is 5.00. The number of hydrogen-bond acceptors (Lipinski definition) is 2. The van der Waals surface area contributed by atoms with Crippen molar-refractivity contribution in [3.05, 3.63) is 22.9 Å². The normalized spacial score (nSPS) is 13.5. The smallest absolute Gasteiger partial charge is 0.328 e. The highest BCUT2D eigenvalue weighted by atomic mass is 16.3. The number of hydrogen-bond donors (Lipinski definition) is 1. The van der Waals surface area contributed by atoms with Crippen LogP contribution in [0, 0.1) is 5.92 Å². The van der Waals surface area contributed by atoms with Gasteiger partial charge in [-0.2, -0.15) is 0 Å². The maximum absolute atomic E-state index is 11.6. The summed E-state index contributed by atoms with van der Waals surface area (Å²) >= 11 is 0. The van der Waals surface area contributed by atoms with Gasteiger partial charge in [0.05, 0.1) is 12.6 Å². The lowest BCUT2D eigenvalue weighted by molar-refractivity contribution is 0.106. The van der Waals surface area contributed by atoms with Crippen molar-refractivity contribution < 1.29 is 5.11 Å². The molecule has 0 spiro atoms. The SMILES string of the molecule is CCn1ccn(CC(O)C(C)C)c1=O. The van der Waals surface area contributed by atoms with Crippen LogP contribution in [-0.2, 0) is 13.1 Å². The van der Waals surface area contributed by atoms with E-state index in [2.05, 4.69) is 0 Å². The van der Waals surface area contributed by atoms with E-state index < -0.39 is 6.10 Å². The monoisotopic (exact) mass is 198 g/mol. The average molecular weight is 198 g/mol. The van der Waals surface area contributed by atoms with Gasteiger partial charge >= 0.3 is 5.69 Å². The molecule has 0 aliphatic carbocycles. The van der Waals surface area contributed by atoms with Crippen LogP contribution in [-0.4, -0.2) is 20.3 Å². The van der Waals surface area contributed by atoms with Crippen LogP contribution >= 0.6 is 0 Å². The number of nitrogens with zero attached hydrogens (tertiary/aromatic N) is 2. The number of aliphatic hydroxyl groups excluding tert-OH is 1. The van der Waals surface area contributed by atoms with E-state index >= 15 is 0 Å². The summed E-state index contributed by atoms with van der Waals surface area (Å²) in [6, 6.07) is 0. The minimum atomic E-state index is -0.458. The van der Waals surface area contributed by atoms with Crippen molar-refractivity contribution in [2.24, 2.45) is 5.92 Å². The van der Waals surface area contributed by atoms with Gasteiger partial charge in [0.1, 0.15) is 0 Å². The van der Waals surface area contributed by atoms with Crippen molar-refractivity contribution in [3.8, 4) is 0 Å².